The van der Waals surface area contributed by atoms with Crippen molar-refractivity contribution in [1.29, 1.82) is 5.41 Å². The quantitative estimate of drug-likeness (QED) is 0.254. The normalized spacial score (nSPS) is 16.1. The topological polar surface area (TPSA) is 96.6 Å². The molecule has 2 aliphatic heterocycles. The first-order valence-electron chi connectivity index (χ1n) is 11.4. The van der Waals surface area contributed by atoms with Crippen LogP contribution in [-0.4, -0.2) is 46.8 Å². The summed E-state index contributed by atoms with van der Waals surface area (Å²) in [6, 6.07) is 10.9. The molecule has 0 bridgehead atoms. The molecular weight excluding hydrogens is 568 g/mol. The summed E-state index contributed by atoms with van der Waals surface area (Å²) in [5.74, 6) is 1.02. The van der Waals surface area contributed by atoms with Crippen LogP contribution >= 0.6 is 39.3 Å². The predicted octanol–water partition coefficient (Wildman–Crippen LogP) is 6.38. The van der Waals surface area contributed by atoms with E-state index in [4.69, 9.17) is 31.2 Å². The van der Waals surface area contributed by atoms with Crippen molar-refractivity contribution >= 4 is 67.3 Å². The third-order valence-electron chi connectivity index (χ3n) is 5.02. The number of carbonyl (C=O) groups is 1. The van der Waals surface area contributed by atoms with Crippen molar-refractivity contribution in [3.05, 3.63) is 57.0 Å². The number of thioether (sulfide) groups is 1. The van der Waals surface area contributed by atoms with Crippen LogP contribution in [0.4, 0.5) is 0 Å². The van der Waals surface area contributed by atoms with E-state index in [9.17, 15) is 4.79 Å². The second-order valence-corrected chi connectivity index (χ2v) is 10.0. The molecule has 8 nitrogen and oxygen atoms in total. The Balaban J connectivity index is 1.50. The number of benzene rings is 2. The van der Waals surface area contributed by atoms with Gasteiger partial charge in [-0.2, -0.15) is 15.1 Å². The fourth-order valence-electron chi connectivity index (χ4n) is 3.42. The van der Waals surface area contributed by atoms with Crippen LogP contribution in [0.5, 0.6) is 17.2 Å². The molecule has 0 saturated heterocycles. The molecule has 4 rings (SSSR count). The number of hydrogen-bond acceptors (Lipinski definition) is 7. The molecule has 0 aliphatic carbocycles. The highest BCUT2D eigenvalue weighted by Gasteiger charge is 2.35. The highest BCUT2D eigenvalue weighted by Crippen LogP contribution is 2.38. The molecule has 0 unspecified atom stereocenters. The van der Waals surface area contributed by atoms with E-state index in [1.54, 1.807) is 18.2 Å². The standard InChI is InChI=1S/C25H24BrClN4O4S/c1-3-5-21-30-31-23(28)18(24(32)29-25(31)36-21)12-15-13-19(27)22(20(14-15)33-4-2)35-11-10-34-17-8-6-16(26)7-9-17/h6-9,12-14,28H,3-5,10-11H2,1-2H3/b18-12-,28-23?. The molecule has 0 saturated carbocycles. The molecule has 0 spiro atoms. The molecule has 0 atom stereocenters. The minimum absolute atomic E-state index is 0.0249. The first kappa shape index (κ1) is 26.2. The first-order valence-corrected chi connectivity index (χ1v) is 13.3. The Labute approximate surface area is 227 Å². The van der Waals surface area contributed by atoms with E-state index in [2.05, 4.69) is 26.0 Å². The van der Waals surface area contributed by atoms with Gasteiger partial charge in [-0.1, -0.05) is 34.5 Å². The van der Waals surface area contributed by atoms with E-state index in [0.29, 0.717) is 40.5 Å². The van der Waals surface area contributed by atoms with Crippen LogP contribution in [0.25, 0.3) is 6.08 Å². The van der Waals surface area contributed by atoms with E-state index in [1.165, 1.54) is 16.8 Å². The smallest absolute Gasteiger partial charge is 0.283 e. The third-order valence-corrected chi connectivity index (χ3v) is 6.79. The maximum Gasteiger partial charge on any atom is 0.283 e. The zero-order chi connectivity index (χ0) is 25.7. The lowest BCUT2D eigenvalue weighted by atomic mass is 10.1. The lowest BCUT2D eigenvalue weighted by Crippen LogP contribution is -2.35. The summed E-state index contributed by atoms with van der Waals surface area (Å²) in [5.41, 5.74) is 0.703. The highest BCUT2D eigenvalue weighted by molar-refractivity contribution is 9.10. The lowest BCUT2D eigenvalue weighted by Gasteiger charge is -2.20. The molecule has 0 radical (unpaired) electrons. The molecule has 0 aromatic heterocycles. The predicted molar refractivity (Wildman–Crippen MR) is 148 cm³/mol. The van der Waals surface area contributed by atoms with Gasteiger partial charge in [-0.05, 0) is 79.6 Å². The van der Waals surface area contributed by atoms with Crippen LogP contribution < -0.4 is 14.2 Å². The van der Waals surface area contributed by atoms with Crippen molar-refractivity contribution < 1.29 is 19.0 Å². The highest BCUT2D eigenvalue weighted by atomic mass is 79.9. The van der Waals surface area contributed by atoms with Gasteiger partial charge in [0.1, 0.15) is 24.0 Å². The molecular formula is C25H24BrClN4O4S. The summed E-state index contributed by atoms with van der Waals surface area (Å²) in [4.78, 5) is 16.8. The average Bonchev–Trinajstić information content (AvgIpc) is 3.25. The molecule has 188 valence electrons. The number of aliphatic imine (C=N–C) groups is 1. The van der Waals surface area contributed by atoms with E-state index in [0.717, 1.165) is 28.1 Å². The number of ether oxygens (including phenoxy) is 3. The molecule has 1 amide bonds. The van der Waals surface area contributed by atoms with Gasteiger partial charge in [-0.25, -0.2) is 0 Å². The second-order valence-electron chi connectivity index (χ2n) is 7.68. The minimum atomic E-state index is -0.494. The summed E-state index contributed by atoms with van der Waals surface area (Å²) in [6.45, 7) is 4.86. The number of nitrogens with one attached hydrogen (secondary N) is 1. The van der Waals surface area contributed by atoms with Crippen molar-refractivity contribution in [2.45, 2.75) is 26.7 Å². The Hall–Kier alpha value is -2.82. The van der Waals surface area contributed by atoms with E-state index in [-0.39, 0.29) is 18.0 Å². The van der Waals surface area contributed by atoms with Crippen LogP contribution in [0.1, 0.15) is 32.3 Å². The van der Waals surface area contributed by atoms with Gasteiger partial charge in [0.15, 0.2) is 17.3 Å². The van der Waals surface area contributed by atoms with Crippen molar-refractivity contribution in [3.8, 4) is 17.2 Å². The zero-order valence-corrected chi connectivity index (χ0v) is 22.9. The monoisotopic (exact) mass is 590 g/mol. The average molecular weight is 592 g/mol. The van der Waals surface area contributed by atoms with Gasteiger partial charge in [0.05, 0.1) is 17.2 Å². The Morgan fingerprint density at radius 1 is 1.14 bits per heavy atom. The number of hydrazone groups is 1. The summed E-state index contributed by atoms with van der Waals surface area (Å²) >= 11 is 11.3. The molecule has 36 heavy (non-hydrogen) atoms. The summed E-state index contributed by atoms with van der Waals surface area (Å²) < 4.78 is 18.3. The van der Waals surface area contributed by atoms with Gasteiger partial charge in [0, 0.05) is 4.47 Å². The van der Waals surface area contributed by atoms with Gasteiger partial charge in [0.2, 0.25) is 5.17 Å². The maximum atomic E-state index is 12.7. The number of rotatable bonds is 10. The van der Waals surface area contributed by atoms with Crippen LogP contribution in [0.2, 0.25) is 5.02 Å². The van der Waals surface area contributed by atoms with Crippen molar-refractivity contribution in [1.82, 2.24) is 5.01 Å². The number of amidine groups is 2. The first-order chi connectivity index (χ1) is 17.4. The molecule has 2 heterocycles. The Kier molecular flexibility index (Phi) is 8.71. The van der Waals surface area contributed by atoms with Gasteiger partial charge in [-0.15, -0.1) is 0 Å². The maximum absolute atomic E-state index is 12.7. The molecule has 0 fully saturated rings. The number of halogens is 2. The van der Waals surface area contributed by atoms with Crippen LogP contribution in [0.15, 0.2) is 56.5 Å². The minimum Gasteiger partial charge on any atom is -0.490 e. The van der Waals surface area contributed by atoms with Crippen molar-refractivity contribution in [2.24, 2.45) is 10.1 Å². The molecule has 2 aromatic carbocycles. The number of carbonyl (C=O) groups excluding carboxylic acids is 1. The fourth-order valence-corrected chi connectivity index (χ4v) is 4.95. The van der Waals surface area contributed by atoms with E-state index < -0.39 is 5.91 Å². The van der Waals surface area contributed by atoms with Crippen LogP contribution in [0, 0.1) is 5.41 Å². The molecule has 1 N–H and O–H groups in total. The van der Waals surface area contributed by atoms with Gasteiger partial charge in [0.25, 0.3) is 5.91 Å². The third kappa shape index (κ3) is 6.11. The van der Waals surface area contributed by atoms with Crippen LogP contribution in [0.3, 0.4) is 0 Å². The Morgan fingerprint density at radius 2 is 1.89 bits per heavy atom. The fraction of sp³-hybridized carbons (Fsp3) is 0.280. The van der Waals surface area contributed by atoms with E-state index >= 15 is 0 Å². The van der Waals surface area contributed by atoms with Gasteiger partial charge in [-0.3, -0.25) is 10.2 Å². The van der Waals surface area contributed by atoms with Gasteiger partial charge < -0.3 is 14.2 Å². The van der Waals surface area contributed by atoms with Gasteiger partial charge >= 0.3 is 0 Å². The number of hydrogen-bond donors (Lipinski definition) is 1. The summed E-state index contributed by atoms with van der Waals surface area (Å²) in [5, 5.41) is 15.9. The lowest BCUT2D eigenvalue weighted by molar-refractivity contribution is -0.114. The van der Waals surface area contributed by atoms with Crippen molar-refractivity contribution in [3.63, 3.8) is 0 Å². The number of fused-ring (bicyclic) bond motifs is 1. The molecule has 11 heteroatoms. The van der Waals surface area contributed by atoms with Crippen molar-refractivity contribution in [2.75, 3.05) is 19.8 Å². The summed E-state index contributed by atoms with van der Waals surface area (Å²) in [7, 11) is 0. The van der Waals surface area contributed by atoms with Crippen LogP contribution in [-0.2, 0) is 4.79 Å². The number of amides is 1. The molecule has 2 aliphatic rings. The number of nitrogens with zero attached hydrogens (tertiary/aromatic N) is 3. The van der Waals surface area contributed by atoms with E-state index in [1.807, 2.05) is 38.1 Å². The Morgan fingerprint density at radius 3 is 2.61 bits per heavy atom. The largest absolute Gasteiger partial charge is 0.490 e. The summed E-state index contributed by atoms with van der Waals surface area (Å²) in [6.07, 6.45) is 3.25. The molecule has 2 aromatic rings. The SMILES string of the molecule is CCCC1=NN2C(=N)/C(=C/c3cc(Cl)c(OCCOc4ccc(Br)cc4)c(OCC)c3)C(=O)N=C2S1. The zero-order valence-electron chi connectivity index (χ0n) is 19.7. The Bertz CT molecular complexity index is 1260. The second kappa shape index (κ2) is 11.9.